The molecular weight excluding hydrogens is 482 g/mol. The standard InChI is InChI=1S/C25H27N5O3S2/c31-21(26-14-17-9-6-12-34-17)13-20-24(33)30-23(28-20)18-10-4-5-11-19(18)29-25(30)35-15-22(32)27-16-7-2-1-3-8-16/h4-6,9-12,16,20H,1-3,7-8,13-15H2,(H,26,31)(H,27,32). The number of para-hydroxylation sites is 1. The number of hydrogen-bond donors (Lipinski definition) is 2. The van der Waals surface area contributed by atoms with Crippen molar-refractivity contribution >= 4 is 57.5 Å². The van der Waals surface area contributed by atoms with E-state index in [4.69, 9.17) is 0 Å². The third kappa shape index (κ3) is 5.48. The Bertz CT molecular complexity index is 1170. The minimum Gasteiger partial charge on any atom is -0.353 e. The average molecular weight is 510 g/mol. The van der Waals surface area contributed by atoms with Gasteiger partial charge in [-0.05, 0) is 36.4 Å². The molecule has 1 atom stereocenters. The third-order valence-electron chi connectivity index (χ3n) is 6.27. The SMILES string of the molecule is O=C(CC1N=C2c3ccccc3N=C(SCC(=O)NC3CCCCC3)N2C1=O)NCc1cccs1. The highest BCUT2D eigenvalue weighted by Crippen LogP contribution is 2.34. The molecule has 0 radical (unpaired) electrons. The molecule has 3 aliphatic rings. The van der Waals surface area contributed by atoms with E-state index >= 15 is 0 Å². The van der Waals surface area contributed by atoms with Crippen LogP contribution in [0.2, 0.25) is 0 Å². The van der Waals surface area contributed by atoms with Gasteiger partial charge in [0.15, 0.2) is 5.17 Å². The molecule has 0 bridgehead atoms. The Labute approximate surface area is 212 Å². The monoisotopic (exact) mass is 509 g/mol. The predicted molar refractivity (Wildman–Crippen MR) is 139 cm³/mol. The Morgan fingerprint density at radius 3 is 2.71 bits per heavy atom. The quantitative estimate of drug-likeness (QED) is 0.595. The van der Waals surface area contributed by atoms with Gasteiger partial charge in [0.05, 0.1) is 24.4 Å². The van der Waals surface area contributed by atoms with Gasteiger partial charge in [0, 0.05) is 16.5 Å². The molecule has 2 N–H and O–H groups in total. The topological polar surface area (TPSA) is 103 Å². The molecule has 35 heavy (non-hydrogen) atoms. The van der Waals surface area contributed by atoms with Crippen LogP contribution < -0.4 is 10.6 Å². The lowest BCUT2D eigenvalue weighted by atomic mass is 9.95. The lowest BCUT2D eigenvalue weighted by Crippen LogP contribution is -2.43. The van der Waals surface area contributed by atoms with Gasteiger partial charge in [0.1, 0.15) is 11.9 Å². The number of hydrogen-bond acceptors (Lipinski definition) is 7. The van der Waals surface area contributed by atoms with Gasteiger partial charge in [-0.1, -0.05) is 49.2 Å². The number of amides is 3. The highest BCUT2D eigenvalue weighted by Gasteiger charge is 2.42. The fourth-order valence-electron chi connectivity index (χ4n) is 4.52. The summed E-state index contributed by atoms with van der Waals surface area (Å²) in [7, 11) is 0. The number of carbonyl (C=O) groups excluding carboxylic acids is 3. The second-order valence-electron chi connectivity index (χ2n) is 8.81. The molecule has 0 saturated heterocycles. The van der Waals surface area contributed by atoms with E-state index in [1.165, 1.54) is 23.1 Å². The first-order valence-electron chi connectivity index (χ1n) is 11.9. The van der Waals surface area contributed by atoms with Crippen molar-refractivity contribution in [1.29, 1.82) is 0 Å². The number of thiophene rings is 1. The van der Waals surface area contributed by atoms with Gasteiger partial charge >= 0.3 is 0 Å². The lowest BCUT2D eigenvalue weighted by molar-refractivity contribution is -0.128. The number of fused-ring (bicyclic) bond motifs is 3. The molecule has 10 heteroatoms. The normalized spacial score (nSPS) is 19.5. The zero-order valence-corrected chi connectivity index (χ0v) is 20.9. The van der Waals surface area contributed by atoms with Gasteiger partial charge in [0.25, 0.3) is 5.91 Å². The Morgan fingerprint density at radius 2 is 1.91 bits per heavy atom. The van der Waals surface area contributed by atoms with Gasteiger partial charge < -0.3 is 10.6 Å². The molecule has 1 fully saturated rings. The van der Waals surface area contributed by atoms with Gasteiger partial charge in [-0.15, -0.1) is 11.3 Å². The fourth-order valence-corrected chi connectivity index (χ4v) is 5.98. The molecule has 1 aromatic carbocycles. The molecule has 0 spiro atoms. The van der Waals surface area contributed by atoms with E-state index in [0.717, 1.165) is 36.1 Å². The Hall–Kier alpha value is -2.98. The summed E-state index contributed by atoms with van der Waals surface area (Å²) in [5.74, 6) is 0.0810. The summed E-state index contributed by atoms with van der Waals surface area (Å²) in [6, 6.07) is 10.8. The Kier molecular flexibility index (Phi) is 7.29. The molecule has 182 valence electrons. The highest BCUT2D eigenvalue weighted by atomic mass is 32.2. The Balaban J connectivity index is 1.27. The maximum absolute atomic E-state index is 13.3. The van der Waals surface area contributed by atoms with E-state index in [0.29, 0.717) is 23.2 Å². The van der Waals surface area contributed by atoms with E-state index in [1.807, 2.05) is 41.8 Å². The molecule has 1 saturated carbocycles. The van der Waals surface area contributed by atoms with Crippen molar-refractivity contribution in [2.24, 2.45) is 9.98 Å². The second kappa shape index (κ2) is 10.7. The van der Waals surface area contributed by atoms with E-state index in [-0.39, 0.29) is 35.9 Å². The smallest absolute Gasteiger partial charge is 0.259 e. The molecule has 8 nitrogen and oxygen atoms in total. The van der Waals surface area contributed by atoms with E-state index in [9.17, 15) is 14.4 Å². The summed E-state index contributed by atoms with van der Waals surface area (Å²) in [6.07, 6.45) is 5.51. The number of nitrogens with zero attached hydrogens (tertiary/aromatic N) is 3. The van der Waals surface area contributed by atoms with E-state index < -0.39 is 6.04 Å². The van der Waals surface area contributed by atoms with Crippen LogP contribution in [0.3, 0.4) is 0 Å². The number of thioether (sulfide) groups is 1. The van der Waals surface area contributed by atoms with Crippen LogP contribution in [0.1, 0.15) is 49.0 Å². The van der Waals surface area contributed by atoms with Gasteiger partial charge in [-0.25, -0.2) is 9.89 Å². The molecule has 1 unspecified atom stereocenters. The number of amidine groups is 2. The summed E-state index contributed by atoms with van der Waals surface area (Å²) < 4.78 is 0. The average Bonchev–Trinajstić information content (AvgIpc) is 3.50. The van der Waals surface area contributed by atoms with Gasteiger partial charge in [-0.3, -0.25) is 19.4 Å². The number of benzene rings is 1. The minimum absolute atomic E-state index is 0.0352. The fraction of sp³-hybridized carbons (Fsp3) is 0.400. The highest BCUT2D eigenvalue weighted by molar-refractivity contribution is 8.14. The van der Waals surface area contributed by atoms with Crippen LogP contribution in [0.25, 0.3) is 0 Å². The molecule has 1 aromatic heterocycles. The van der Waals surface area contributed by atoms with Crippen LogP contribution in [0.5, 0.6) is 0 Å². The first-order chi connectivity index (χ1) is 17.1. The number of nitrogens with one attached hydrogen (secondary N) is 2. The summed E-state index contributed by atoms with van der Waals surface area (Å²) in [6.45, 7) is 0.430. The lowest BCUT2D eigenvalue weighted by Gasteiger charge is -2.26. The molecule has 3 heterocycles. The minimum atomic E-state index is -0.818. The van der Waals surface area contributed by atoms with Crippen LogP contribution in [0.15, 0.2) is 51.8 Å². The predicted octanol–water partition coefficient (Wildman–Crippen LogP) is 3.60. The summed E-state index contributed by atoms with van der Waals surface area (Å²) in [5, 5.41) is 8.35. The van der Waals surface area contributed by atoms with Crippen LogP contribution in [0, 0.1) is 0 Å². The van der Waals surface area contributed by atoms with Crippen molar-refractivity contribution in [3.8, 4) is 0 Å². The van der Waals surface area contributed by atoms with Crippen LogP contribution in [0.4, 0.5) is 5.69 Å². The van der Waals surface area contributed by atoms with Crippen LogP contribution in [-0.2, 0) is 20.9 Å². The van der Waals surface area contributed by atoms with Gasteiger partial charge in [-0.2, -0.15) is 0 Å². The van der Waals surface area contributed by atoms with Crippen LogP contribution >= 0.6 is 23.1 Å². The van der Waals surface area contributed by atoms with E-state index in [2.05, 4.69) is 20.6 Å². The third-order valence-corrected chi connectivity index (χ3v) is 8.08. The molecule has 2 aliphatic heterocycles. The molecular formula is C25H27N5O3S2. The van der Waals surface area contributed by atoms with Crippen LogP contribution in [-0.4, -0.2) is 51.5 Å². The van der Waals surface area contributed by atoms with Crippen molar-refractivity contribution in [1.82, 2.24) is 15.5 Å². The zero-order chi connectivity index (χ0) is 24.2. The van der Waals surface area contributed by atoms with Crippen molar-refractivity contribution in [2.75, 3.05) is 5.75 Å². The number of rotatable bonds is 7. The largest absolute Gasteiger partial charge is 0.353 e. The molecule has 2 aromatic rings. The van der Waals surface area contributed by atoms with Crippen molar-refractivity contribution in [3.63, 3.8) is 0 Å². The summed E-state index contributed by atoms with van der Waals surface area (Å²) >= 11 is 2.80. The van der Waals surface area contributed by atoms with E-state index in [1.54, 1.807) is 11.3 Å². The summed E-state index contributed by atoms with van der Waals surface area (Å²) in [4.78, 5) is 50.3. The van der Waals surface area contributed by atoms with Crippen molar-refractivity contribution in [2.45, 2.75) is 57.2 Å². The molecule has 1 aliphatic carbocycles. The second-order valence-corrected chi connectivity index (χ2v) is 10.8. The number of carbonyl (C=O) groups is 3. The first kappa shape index (κ1) is 23.7. The maximum atomic E-state index is 13.3. The molecule has 3 amide bonds. The maximum Gasteiger partial charge on any atom is 0.259 e. The number of aliphatic imine (C=N–C) groups is 2. The zero-order valence-electron chi connectivity index (χ0n) is 19.2. The Morgan fingerprint density at radius 1 is 1.09 bits per heavy atom. The first-order valence-corrected chi connectivity index (χ1v) is 13.8. The molecule has 5 rings (SSSR count). The van der Waals surface area contributed by atoms with Crippen molar-refractivity contribution in [3.05, 3.63) is 52.2 Å². The van der Waals surface area contributed by atoms with Gasteiger partial charge in [0.2, 0.25) is 11.8 Å². The summed E-state index contributed by atoms with van der Waals surface area (Å²) in [5.41, 5.74) is 1.45. The van der Waals surface area contributed by atoms with Crippen molar-refractivity contribution < 1.29 is 14.4 Å².